The molecule has 2 heterocycles. The highest BCUT2D eigenvalue weighted by Crippen LogP contribution is 2.17. The van der Waals surface area contributed by atoms with Crippen LogP contribution in [0.3, 0.4) is 0 Å². The summed E-state index contributed by atoms with van der Waals surface area (Å²) in [6.45, 7) is 9.54. The van der Waals surface area contributed by atoms with Crippen molar-refractivity contribution in [2.75, 3.05) is 26.7 Å². The standard InChI is InChI=1S/C23H36N6.HI/c1-19(2)15-22(28-12-6-7-13-28)17-26-23(24-3)25-16-20-9-4-5-10-21(20)18-29-14-8-11-27-29;/h4-5,8-11,14,19,22H,6-7,12-13,15-18H2,1-3H3,(H2,24,25,26);1H. The quantitative estimate of drug-likeness (QED) is 0.298. The van der Waals surface area contributed by atoms with Crippen molar-refractivity contribution in [3.05, 3.63) is 53.9 Å². The lowest BCUT2D eigenvalue weighted by Gasteiger charge is -2.29. The normalized spacial score (nSPS) is 15.8. The maximum atomic E-state index is 4.44. The Kier molecular flexibility index (Phi) is 10.6. The van der Waals surface area contributed by atoms with Crippen molar-refractivity contribution in [3.63, 3.8) is 0 Å². The zero-order valence-corrected chi connectivity index (χ0v) is 20.9. The van der Waals surface area contributed by atoms with Crippen LogP contribution in [0.15, 0.2) is 47.7 Å². The minimum atomic E-state index is 0. The molecule has 2 aromatic rings. The third-order valence-corrected chi connectivity index (χ3v) is 5.59. The Morgan fingerprint density at radius 2 is 1.83 bits per heavy atom. The summed E-state index contributed by atoms with van der Waals surface area (Å²) in [5.41, 5.74) is 2.54. The number of aliphatic imine (C=N–C) groups is 1. The van der Waals surface area contributed by atoms with Gasteiger partial charge >= 0.3 is 0 Å². The molecular formula is C23H37IN6. The first-order chi connectivity index (χ1) is 14.2. The van der Waals surface area contributed by atoms with Crippen LogP contribution in [0, 0.1) is 5.92 Å². The van der Waals surface area contributed by atoms with E-state index in [9.17, 15) is 0 Å². The summed E-state index contributed by atoms with van der Waals surface area (Å²) >= 11 is 0. The third kappa shape index (κ3) is 7.58. The number of hydrogen-bond acceptors (Lipinski definition) is 3. The van der Waals surface area contributed by atoms with Crippen LogP contribution in [0.2, 0.25) is 0 Å². The highest BCUT2D eigenvalue weighted by Gasteiger charge is 2.22. The van der Waals surface area contributed by atoms with Crippen LogP contribution in [0.25, 0.3) is 0 Å². The van der Waals surface area contributed by atoms with Crippen LogP contribution in [0.4, 0.5) is 0 Å². The number of benzene rings is 1. The summed E-state index contributed by atoms with van der Waals surface area (Å²) in [5, 5.41) is 11.4. The van der Waals surface area contributed by atoms with E-state index in [1.165, 1.54) is 43.5 Å². The molecular weight excluding hydrogens is 487 g/mol. The second-order valence-corrected chi connectivity index (χ2v) is 8.31. The van der Waals surface area contributed by atoms with E-state index < -0.39 is 0 Å². The fourth-order valence-corrected chi connectivity index (χ4v) is 4.08. The van der Waals surface area contributed by atoms with Gasteiger partial charge in [0, 0.05) is 38.6 Å². The monoisotopic (exact) mass is 524 g/mol. The van der Waals surface area contributed by atoms with Crippen molar-refractivity contribution in [1.82, 2.24) is 25.3 Å². The predicted molar refractivity (Wildman–Crippen MR) is 135 cm³/mol. The number of aromatic nitrogens is 2. The molecule has 1 aromatic heterocycles. The molecule has 6 nitrogen and oxygen atoms in total. The van der Waals surface area contributed by atoms with E-state index in [1.54, 1.807) is 0 Å². The van der Waals surface area contributed by atoms with Gasteiger partial charge in [-0.05, 0) is 55.5 Å². The van der Waals surface area contributed by atoms with Gasteiger partial charge in [0.25, 0.3) is 0 Å². The molecule has 0 radical (unpaired) electrons. The summed E-state index contributed by atoms with van der Waals surface area (Å²) in [5.74, 6) is 1.57. The average molecular weight is 524 g/mol. The van der Waals surface area contributed by atoms with Crippen LogP contribution in [0.5, 0.6) is 0 Å². The molecule has 1 fully saturated rings. The van der Waals surface area contributed by atoms with Crippen molar-refractivity contribution < 1.29 is 0 Å². The first kappa shape index (κ1) is 24.7. The molecule has 1 aliphatic heterocycles. The van der Waals surface area contributed by atoms with Crippen molar-refractivity contribution in [1.29, 1.82) is 0 Å². The summed E-state index contributed by atoms with van der Waals surface area (Å²) in [4.78, 5) is 7.08. The zero-order valence-electron chi connectivity index (χ0n) is 18.6. The maximum absolute atomic E-state index is 4.44. The summed E-state index contributed by atoms with van der Waals surface area (Å²) < 4.78 is 1.96. The van der Waals surface area contributed by atoms with Gasteiger partial charge < -0.3 is 10.6 Å². The number of hydrogen-bond donors (Lipinski definition) is 2. The molecule has 30 heavy (non-hydrogen) atoms. The van der Waals surface area contributed by atoms with E-state index in [2.05, 4.69) is 63.7 Å². The van der Waals surface area contributed by atoms with Gasteiger partial charge in [-0.25, -0.2) is 0 Å². The number of nitrogens with zero attached hydrogens (tertiary/aromatic N) is 4. The summed E-state index contributed by atoms with van der Waals surface area (Å²) in [7, 11) is 1.85. The minimum absolute atomic E-state index is 0. The van der Waals surface area contributed by atoms with Crippen molar-refractivity contribution in [2.45, 2.75) is 52.2 Å². The van der Waals surface area contributed by atoms with E-state index in [0.717, 1.165) is 25.6 Å². The number of likely N-dealkylation sites (tertiary alicyclic amines) is 1. The SMILES string of the molecule is CN=C(NCc1ccccc1Cn1cccn1)NCC(CC(C)C)N1CCCC1.I. The Morgan fingerprint density at radius 1 is 1.10 bits per heavy atom. The molecule has 0 spiro atoms. The molecule has 7 heteroatoms. The number of halogens is 1. The Balaban J connectivity index is 0.00000320. The van der Waals surface area contributed by atoms with Crippen LogP contribution in [0.1, 0.15) is 44.2 Å². The average Bonchev–Trinajstić information content (AvgIpc) is 3.42. The number of nitrogens with one attached hydrogen (secondary N) is 2. The summed E-state index contributed by atoms with van der Waals surface area (Å²) in [6, 6.07) is 11.0. The smallest absolute Gasteiger partial charge is 0.191 e. The minimum Gasteiger partial charge on any atom is -0.355 e. The van der Waals surface area contributed by atoms with Gasteiger partial charge in [0.05, 0.1) is 6.54 Å². The molecule has 1 atom stereocenters. The van der Waals surface area contributed by atoms with E-state index in [4.69, 9.17) is 0 Å². The Bertz CT molecular complexity index is 753. The molecule has 2 N–H and O–H groups in total. The predicted octanol–water partition coefficient (Wildman–Crippen LogP) is 3.72. The molecule has 1 aromatic carbocycles. The molecule has 0 aliphatic carbocycles. The van der Waals surface area contributed by atoms with Crippen LogP contribution < -0.4 is 10.6 Å². The zero-order chi connectivity index (χ0) is 20.5. The van der Waals surface area contributed by atoms with Gasteiger partial charge in [-0.1, -0.05) is 38.1 Å². The van der Waals surface area contributed by atoms with Crippen LogP contribution in [-0.2, 0) is 13.1 Å². The lowest BCUT2D eigenvalue weighted by molar-refractivity contribution is 0.213. The largest absolute Gasteiger partial charge is 0.355 e. The molecule has 1 unspecified atom stereocenters. The van der Waals surface area contributed by atoms with E-state index in [1.807, 2.05) is 30.2 Å². The number of rotatable bonds is 9. The van der Waals surface area contributed by atoms with E-state index in [-0.39, 0.29) is 24.0 Å². The van der Waals surface area contributed by atoms with Crippen molar-refractivity contribution in [2.24, 2.45) is 10.9 Å². The molecule has 0 amide bonds. The Labute approximate surface area is 198 Å². The first-order valence-electron chi connectivity index (χ1n) is 10.9. The van der Waals surface area contributed by atoms with Gasteiger partial charge in [-0.2, -0.15) is 5.10 Å². The fourth-order valence-electron chi connectivity index (χ4n) is 4.08. The third-order valence-electron chi connectivity index (χ3n) is 5.59. The van der Waals surface area contributed by atoms with Crippen LogP contribution >= 0.6 is 24.0 Å². The lowest BCUT2D eigenvalue weighted by atomic mass is 10.0. The molecule has 1 saturated heterocycles. The fraction of sp³-hybridized carbons (Fsp3) is 0.565. The van der Waals surface area contributed by atoms with Gasteiger partial charge in [0.1, 0.15) is 0 Å². The Hall–Kier alpha value is -1.61. The summed E-state index contributed by atoms with van der Waals surface area (Å²) in [6.07, 6.45) is 7.69. The maximum Gasteiger partial charge on any atom is 0.191 e. The van der Waals surface area contributed by atoms with Crippen molar-refractivity contribution in [3.8, 4) is 0 Å². The second-order valence-electron chi connectivity index (χ2n) is 8.31. The molecule has 166 valence electrons. The first-order valence-corrected chi connectivity index (χ1v) is 10.9. The van der Waals surface area contributed by atoms with E-state index in [0.29, 0.717) is 12.0 Å². The highest BCUT2D eigenvalue weighted by atomic mass is 127. The Morgan fingerprint density at radius 3 is 2.47 bits per heavy atom. The van der Waals surface area contributed by atoms with Gasteiger partial charge in [0.2, 0.25) is 0 Å². The van der Waals surface area contributed by atoms with Crippen molar-refractivity contribution >= 4 is 29.9 Å². The highest BCUT2D eigenvalue weighted by molar-refractivity contribution is 14.0. The van der Waals surface area contributed by atoms with E-state index >= 15 is 0 Å². The van der Waals surface area contributed by atoms with Crippen LogP contribution in [-0.4, -0.2) is 53.4 Å². The molecule has 1 aliphatic rings. The topological polar surface area (TPSA) is 57.5 Å². The second kappa shape index (κ2) is 12.9. The molecule has 0 bridgehead atoms. The van der Waals surface area contributed by atoms with Gasteiger partial charge in [0.15, 0.2) is 5.96 Å². The lowest BCUT2D eigenvalue weighted by Crippen LogP contribution is -2.46. The number of guanidine groups is 1. The molecule has 0 saturated carbocycles. The van der Waals surface area contributed by atoms with Gasteiger partial charge in [-0.3, -0.25) is 14.6 Å². The molecule has 3 rings (SSSR count). The van der Waals surface area contributed by atoms with Gasteiger partial charge in [-0.15, -0.1) is 24.0 Å².